The Labute approximate surface area is 331 Å². The number of hydrogen-bond acceptors (Lipinski definition) is 3. The monoisotopic (exact) mass is 728 g/mol. The highest BCUT2D eigenvalue weighted by molar-refractivity contribution is 6.06. The van der Waals surface area contributed by atoms with Crippen LogP contribution in [0.15, 0.2) is 205 Å². The molecule has 2 heterocycles. The molecule has 0 atom stereocenters. The summed E-state index contributed by atoms with van der Waals surface area (Å²) in [6.07, 6.45) is 0. The van der Waals surface area contributed by atoms with Crippen LogP contribution in [0.1, 0.15) is 23.6 Å². The van der Waals surface area contributed by atoms with Crippen molar-refractivity contribution in [1.29, 1.82) is 0 Å². The Bertz CT molecular complexity index is 3100. The number of aromatic nitrogens is 2. The minimum absolute atomic E-state index is 0.391. The molecule has 0 unspecified atom stereocenters. The van der Waals surface area contributed by atoms with Crippen LogP contribution in [0.5, 0.6) is 0 Å². The molecule has 10 aromatic rings. The van der Waals surface area contributed by atoms with Gasteiger partial charge in [0.05, 0.1) is 11.4 Å². The van der Waals surface area contributed by atoms with Gasteiger partial charge in [0.25, 0.3) is 0 Å². The number of para-hydroxylation sites is 1. The summed E-state index contributed by atoms with van der Waals surface area (Å²) in [6.45, 7) is 2.37. The normalized spacial score (nSPS) is 12.8. The Morgan fingerprint density at radius 3 is 1.56 bits per heavy atom. The number of rotatable bonds is 6. The Balaban J connectivity index is 1.14. The molecule has 3 heteroatoms. The summed E-state index contributed by atoms with van der Waals surface area (Å²) in [7, 11) is 0. The van der Waals surface area contributed by atoms with Crippen molar-refractivity contribution in [2.75, 3.05) is 0 Å². The van der Waals surface area contributed by atoms with Crippen LogP contribution in [0.4, 0.5) is 0 Å². The average Bonchev–Trinajstić information content (AvgIpc) is 3.79. The fraction of sp³-hybridized carbons (Fsp3) is 0.0370. The second-order valence-corrected chi connectivity index (χ2v) is 15.1. The number of benzene rings is 8. The van der Waals surface area contributed by atoms with Crippen molar-refractivity contribution in [3.63, 3.8) is 0 Å². The first kappa shape index (κ1) is 33.0. The topological polar surface area (TPSA) is 38.9 Å². The number of furan rings is 1. The van der Waals surface area contributed by atoms with Gasteiger partial charge < -0.3 is 4.42 Å². The van der Waals surface area contributed by atoms with Crippen molar-refractivity contribution in [2.24, 2.45) is 0 Å². The van der Waals surface area contributed by atoms with Gasteiger partial charge in [0.15, 0.2) is 5.82 Å². The molecule has 2 aromatic heterocycles. The van der Waals surface area contributed by atoms with Crippen molar-refractivity contribution in [2.45, 2.75) is 12.3 Å². The van der Waals surface area contributed by atoms with Crippen LogP contribution in [-0.2, 0) is 5.41 Å². The Kier molecular flexibility index (Phi) is 7.61. The summed E-state index contributed by atoms with van der Waals surface area (Å²) in [5, 5.41) is 2.22. The molecule has 3 nitrogen and oxygen atoms in total. The molecule has 268 valence electrons. The first-order chi connectivity index (χ1) is 28.1. The summed E-state index contributed by atoms with van der Waals surface area (Å²) in [5.41, 5.74) is 17.1. The van der Waals surface area contributed by atoms with Crippen LogP contribution in [0.3, 0.4) is 0 Å². The Morgan fingerprint density at radius 1 is 0.351 bits per heavy atom. The summed E-state index contributed by atoms with van der Waals surface area (Å²) < 4.78 is 6.22. The van der Waals surface area contributed by atoms with Crippen molar-refractivity contribution in [3.05, 3.63) is 217 Å². The molecular formula is C54H36N2O. The zero-order chi connectivity index (χ0) is 37.9. The van der Waals surface area contributed by atoms with Crippen molar-refractivity contribution < 1.29 is 4.42 Å². The highest BCUT2D eigenvalue weighted by Gasteiger charge is 2.41. The molecule has 1 aliphatic rings. The lowest BCUT2D eigenvalue weighted by Crippen LogP contribution is -2.23. The van der Waals surface area contributed by atoms with E-state index < -0.39 is 5.41 Å². The van der Waals surface area contributed by atoms with Crippen molar-refractivity contribution in [3.8, 4) is 67.3 Å². The lowest BCUT2D eigenvalue weighted by molar-refractivity contribution is 0.669. The maximum atomic E-state index is 6.22. The van der Waals surface area contributed by atoms with Crippen molar-refractivity contribution in [1.82, 2.24) is 9.97 Å². The minimum Gasteiger partial charge on any atom is -0.456 e. The SMILES string of the molecule is CC1(c2ccccc2-c2cc(-c3cc(-c4ccccc4)cc(-c4ccc5oc6ccccc6c5c4)c3)nc(-c3ccccc3)n2)c2ccccc2-c2ccccc21. The average molecular weight is 729 g/mol. The van der Waals surface area contributed by atoms with Crippen LogP contribution in [0, 0.1) is 0 Å². The van der Waals surface area contributed by atoms with Gasteiger partial charge >= 0.3 is 0 Å². The summed E-state index contributed by atoms with van der Waals surface area (Å²) in [4.78, 5) is 10.7. The number of fused-ring (bicyclic) bond motifs is 6. The molecule has 0 saturated heterocycles. The maximum absolute atomic E-state index is 6.22. The molecule has 0 bridgehead atoms. The van der Waals surface area contributed by atoms with E-state index in [0.29, 0.717) is 5.82 Å². The third kappa shape index (κ3) is 5.43. The highest BCUT2D eigenvalue weighted by Crippen LogP contribution is 2.54. The standard InChI is InChI=1S/C54H36N2O/c1-54(46-24-12-8-20-41(46)42-21-9-13-25-47(42)54)48-26-14-10-23-44(48)50-34-49(55-53(56-50)36-18-6-3-7-19-36)40-31-38(35-16-4-2-5-17-35)30-39(32-40)37-28-29-52-45(33-37)43-22-11-15-27-51(43)57-52/h2-34H,1H3. The van der Waals surface area contributed by atoms with E-state index in [0.717, 1.165) is 72.3 Å². The molecule has 57 heavy (non-hydrogen) atoms. The van der Waals surface area contributed by atoms with E-state index >= 15 is 0 Å². The summed E-state index contributed by atoms with van der Waals surface area (Å²) >= 11 is 0. The van der Waals surface area contributed by atoms with E-state index in [1.807, 2.05) is 18.2 Å². The molecule has 0 radical (unpaired) electrons. The van der Waals surface area contributed by atoms with Gasteiger partial charge in [-0.25, -0.2) is 9.97 Å². The fourth-order valence-corrected chi connectivity index (χ4v) is 8.98. The van der Waals surface area contributed by atoms with Crippen LogP contribution in [-0.4, -0.2) is 9.97 Å². The van der Waals surface area contributed by atoms with E-state index in [2.05, 4.69) is 189 Å². The smallest absolute Gasteiger partial charge is 0.160 e. The predicted octanol–water partition coefficient (Wildman–Crippen LogP) is 14.0. The molecule has 0 saturated carbocycles. The van der Waals surface area contributed by atoms with Crippen LogP contribution in [0.2, 0.25) is 0 Å². The molecule has 0 amide bonds. The molecule has 0 fully saturated rings. The first-order valence-electron chi connectivity index (χ1n) is 19.5. The second kappa shape index (κ2) is 13.1. The van der Waals surface area contributed by atoms with Gasteiger partial charge in [-0.15, -0.1) is 0 Å². The zero-order valence-electron chi connectivity index (χ0n) is 31.4. The van der Waals surface area contributed by atoms with Gasteiger partial charge in [-0.05, 0) is 99.5 Å². The first-order valence-corrected chi connectivity index (χ1v) is 19.5. The Hall–Kier alpha value is -7.36. The Morgan fingerprint density at radius 2 is 0.860 bits per heavy atom. The maximum Gasteiger partial charge on any atom is 0.160 e. The van der Waals surface area contributed by atoms with Gasteiger partial charge in [0, 0.05) is 32.9 Å². The van der Waals surface area contributed by atoms with E-state index in [-0.39, 0.29) is 0 Å². The van der Waals surface area contributed by atoms with Crippen LogP contribution in [0.25, 0.3) is 89.2 Å². The van der Waals surface area contributed by atoms with Crippen molar-refractivity contribution >= 4 is 21.9 Å². The predicted molar refractivity (Wildman–Crippen MR) is 234 cm³/mol. The third-order valence-corrected chi connectivity index (χ3v) is 11.8. The van der Waals surface area contributed by atoms with Gasteiger partial charge in [-0.2, -0.15) is 0 Å². The minimum atomic E-state index is -0.391. The molecule has 8 aromatic carbocycles. The third-order valence-electron chi connectivity index (χ3n) is 11.8. The van der Waals surface area contributed by atoms with Crippen LogP contribution < -0.4 is 0 Å². The second-order valence-electron chi connectivity index (χ2n) is 15.1. The molecule has 11 rings (SSSR count). The van der Waals surface area contributed by atoms with Crippen LogP contribution >= 0.6 is 0 Å². The van der Waals surface area contributed by atoms with E-state index in [1.165, 1.54) is 27.8 Å². The largest absolute Gasteiger partial charge is 0.456 e. The van der Waals surface area contributed by atoms with Gasteiger partial charge in [0.2, 0.25) is 0 Å². The number of hydrogen-bond donors (Lipinski definition) is 0. The fourth-order valence-electron chi connectivity index (χ4n) is 8.98. The van der Waals surface area contributed by atoms with E-state index in [4.69, 9.17) is 14.4 Å². The van der Waals surface area contributed by atoms with E-state index in [9.17, 15) is 0 Å². The lowest BCUT2D eigenvalue weighted by atomic mass is 9.72. The highest BCUT2D eigenvalue weighted by atomic mass is 16.3. The number of nitrogens with zero attached hydrogens (tertiary/aromatic N) is 2. The zero-order valence-corrected chi connectivity index (χ0v) is 31.4. The van der Waals surface area contributed by atoms with Gasteiger partial charge in [0.1, 0.15) is 11.2 Å². The molecular weight excluding hydrogens is 693 g/mol. The van der Waals surface area contributed by atoms with E-state index in [1.54, 1.807) is 0 Å². The molecule has 0 N–H and O–H groups in total. The summed E-state index contributed by atoms with van der Waals surface area (Å²) in [5.74, 6) is 0.688. The molecule has 0 aliphatic heterocycles. The van der Waals surface area contributed by atoms with Gasteiger partial charge in [-0.3, -0.25) is 0 Å². The van der Waals surface area contributed by atoms with Gasteiger partial charge in [-0.1, -0.05) is 158 Å². The summed E-state index contributed by atoms with van der Waals surface area (Å²) in [6, 6.07) is 71.1. The molecule has 0 spiro atoms. The molecule has 1 aliphatic carbocycles. The lowest BCUT2D eigenvalue weighted by Gasteiger charge is -2.30. The quantitative estimate of drug-likeness (QED) is 0.171.